The molecule has 0 radical (unpaired) electrons. The lowest BCUT2D eigenvalue weighted by Gasteiger charge is -2.07. The second-order valence-corrected chi connectivity index (χ2v) is 4.64. The molecule has 2 aromatic rings. The molecule has 0 aliphatic heterocycles. The lowest BCUT2D eigenvalue weighted by molar-refractivity contribution is 0.0953. The van der Waals surface area contributed by atoms with Gasteiger partial charge in [0.15, 0.2) is 0 Å². The fourth-order valence-electron chi connectivity index (χ4n) is 1.96. The monoisotopic (exact) mass is 282 g/mol. The Morgan fingerprint density at radius 3 is 2.95 bits per heavy atom. The summed E-state index contributed by atoms with van der Waals surface area (Å²) in [6, 6.07) is 9.30. The van der Waals surface area contributed by atoms with Crippen LogP contribution in [0.15, 0.2) is 41.0 Å². The zero-order valence-corrected chi connectivity index (χ0v) is 12.0. The van der Waals surface area contributed by atoms with Gasteiger partial charge >= 0.3 is 0 Å². The lowest BCUT2D eigenvalue weighted by atomic mass is 10.0. The van der Waals surface area contributed by atoms with Gasteiger partial charge in [-0.15, -0.1) is 0 Å². The van der Waals surface area contributed by atoms with E-state index < -0.39 is 0 Å². The van der Waals surface area contributed by atoms with Crippen LogP contribution in [0, 0.1) is 18.8 Å². The fraction of sp³-hybridized carbons (Fsp3) is 0.235. The summed E-state index contributed by atoms with van der Waals surface area (Å²) in [6.45, 7) is 2.75. The second kappa shape index (κ2) is 7.32. The van der Waals surface area contributed by atoms with Gasteiger partial charge < -0.3 is 15.5 Å². The molecule has 3 N–H and O–H groups in total. The maximum absolute atomic E-state index is 12.2. The Morgan fingerprint density at radius 1 is 1.38 bits per heavy atom. The molecule has 0 saturated carbocycles. The van der Waals surface area contributed by atoms with E-state index in [-0.39, 0.29) is 12.5 Å². The van der Waals surface area contributed by atoms with Crippen molar-refractivity contribution in [3.63, 3.8) is 0 Å². The van der Waals surface area contributed by atoms with Crippen LogP contribution in [0.3, 0.4) is 0 Å². The predicted molar refractivity (Wildman–Crippen MR) is 81.9 cm³/mol. The number of hydrogen-bond donors (Lipinski definition) is 2. The number of rotatable bonds is 4. The zero-order chi connectivity index (χ0) is 15.1. The number of benzene rings is 1. The van der Waals surface area contributed by atoms with Crippen LogP contribution in [0.25, 0.3) is 0 Å². The summed E-state index contributed by atoms with van der Waals surface area (Å²) in [5, 5.41) is 2.88. The average molecular weight is 282 g/mol. The average Bonchev–Trinajstić information content (AvgIpc) is 2.98. The Balaban J connectivity index is 2.04. The smallest absolute Gasteiger partial charge is 0.252 e. The van der Waals surface area contributed by atoms with E-state index in [0.717, 1.165) is 11.3 Å². The molecule has 2 rings (SSSR count). The Morgan fingerprint density at radius 2 is 2.24 bits per heavy atom. The van der Waals surface area contributed by atoms with Crippen molar-refractivity contribution in [2.45, 2.75) is 13.3 Å². The molecule has 0 spiro atoms. The van der Waals surface area contributed by atoms with Crippen LogP contribution >= 0.6 is 0 Å². The minimum atomic E-state index is -0.136. The number of amides is 1. The van der Waals surface area contributed by atoms with Gasteiger partial charge in [-0.2, -0.15) is 0 Å². The molecule has 1 amide bonds. The molecule has 0 atom stereocenters. The van der Waals surface area contributed by atoms with Crippen molar-refractivity contribution < 1.29 is 9.21 Å². The largest absolute Gasteiger partial charge is 0.469 e. The number of carbonyl (C=O) groups is 1. The number of nitrogens with two attached hydrogens (primary N) is 1. The molecule has 4 nitrogen and oxygen atoms in total. The minimum absolute atomic E-state index is 0.136. The summed E-state index contributed by atoms with van der Waals surface area (Å²) >= 11 is 0. The van der Waals surface area contributed by atoms with Crippen molar-refractivity contribution in [3.8, 4) is 11.8 Å². The summed E-state index contributed by atoms with van der Waals surface area (Å²) in [6.07, 6.45) is 2.28. The highest BCUT2D eigenvalue weighted by Gasteiger charge is 2.10. The van der Waals surface area contributed by atoms with E-state index in [1.165, 1.54) is 0 Å². The Bertz CT molecular complexity index is 664. The molecule has 1 aromatic heterocycles. The Kier molecular flexibility index (Phi) is 5.19. The third kappa shape index (κ3) is 4.23. The van der Waals surface area contributed by atoms with Gasteiger partial charge in [0, 0.05) is 18.5 Å². The normalized spacial score (nSPS) is 9.81. The maximum atomic E-state index is 12.2. The second-order valence-electron chi connectivity index (χ2n) is 4.64. The SMILES string of the molecule is Cc1ccc(C(=O)NCCc2ccco2)c(C#CCN)c1. The molecule has 0 bridgehead atoms. The number of carbonyl (C=O) groups excluding carboxylic acids is 1. The van der Waals surface area contributed by atoms with Crippen LogP contribution in [0.5, 0.6) is 0 Å². The van der Waals surface area contributed by atoms with Crippen LogP contribution < -0.4 is 11.1 Å². The standard InChI is InChI=1S/C17H18N2O2/c1-13-6-7-16(14(12-13)4-2-9-18)17(20)19-10-8-15-5-3-11-21-15/h3,5-7,11-12H,8-10,18H2,1H3,(H,19,20). The van der Waals surface area contributed by atoms with Gasteiger partial charge in [-0.05, 0) is 36.8 Å². The number of nitrogens with one attached hydrogen (secondary N) is 1. The summed E-state index contributed by atoms with van der Waals surface area (Å²) in [4.78, 5) is 12.2. The van der Waals surface area contributed by atoms with E-state index in [9.17, 15) is 4.79 Å². The molecule has 0 unspecified atom stereocenters. The number of furan rings is 1. The lowest BCUT2D eigenvalue weighted by Crippen LogP contribution is -2.26. The van der Waals surface area contributed by atoms with Crippen LogP contribution in [0.4, 0.5) is 0 Å². The van der Waals surface area contributed by atoms with E-state index in [4.69, 9.17) is 10.2 Å². The molecule has 0 aliphatic carbocycles. The first-order valence-electron chi connectivity index (χ1n) is 6.81. The summed E-state index contributed by atoms with van der Waals surface area (Å²) in [5.74, 6) is 6.45. The molecule has 1 aromatic carbocycles. The molecule has 0 aliphatic rings. The van der Waals surface area contributed by atoms with Gasteiger partial charge in [0.2, 0.25) is 0 Å². The molecular formula is C17H18N2O2. The molecule has 21 heavy (non-hydrogen) atoms. The van der Waals surface area contributed by atoms with E-state index in [1.54, 1.807) is 12.3 Å². The van der Waals surface area contributed by atoms with Crippen molar-refractivity contribution in [3.05, 3.63) is 59.0 Å². The quantitative estimate of drug-likeness (QED) is 0.841. The van der Waals surface area contributed by atoms with Gasteiger partial charge in [-0.3, -0.25) is 4.79 Å². The van der Waals surface area contributed by atoms with Crippen LogP contribution in [-0.4, -0.2) is 19.0 Å². The van der Waals surface area contributed by atoms with Gasteiger partial charge in [0.25, 0.3) is 5.91 Å². The molecule has 0 fully saturated rings. The van der Waals surface area contributed by atoms with E-state index in [0.29, 0.717) is 24.1 Å². The maximum Gasteiger partial charge on any atom is 0.252 e. The van der Waals surface area contributed by atoms with Crippen molar-refractivity contribution >= 4 is 5.91 Å². The summed E-state index contributed by atoms with van der Waals surface area (Å²) in [7, 11) is 0. The van der Waals surface area contributed by atoms with Crippen molar-refractivity contribution in [1.29, 1.82) is 0 Å². The first-order chi connectivity index (χ1) is 10.2. The predicted octanol–water partition coefficient (Wildman–Crippen LogP) is 1.87. The van der Waals surface area contributed by atoms with Gasteiger partial charge in [0.1, 0.15) is 5.76 Å². The van der Waals surface area contributed by atoms with E-state index in [2.05, 4.69) is 17.2 Å². The summed E-state index contributed by atoms with van der Waals surface area (Å²) in [5.41, 5.74) is 7.72. The fourth-order valence-corrected chi connectivity index (χ4v) is 1.96. The molecule has 0 saturated heterocycles. The van der Waals surface area contributed by atoms with Gasteiger partial charge in [-0.1, -0.05) is 17.9 Å². The first kappa shape index (κ1) is 14.9. The van der Waals surface area contributed by atoms with E-state index >= 15 is 0 Å². The highest BCUT2D eigenvalue weighted by molar-refractivity contribution is 5.96. The highest BCUT2D eigenvalue weighted by atomic mass is 16.3. The molecule has 4 heteroatoms. The number of aryl methyl sites for hydroxylation is 1. The number of hydrogen-bond acceptors (Lipinski definition) is 3. The van der Waals surface area contributed by atoms with Crippen molar-refractivity contribution in [2.75, 3.05) is 13.1 Å². The van der Waals surface area contributed by atoms with Crippen molar-refractivity contribution in [1.82, 2.24) is 5.32 Å². The third-order valence-corrected chi connectivity index (χ3v) is 2.98. The summed E-state index contributed by atoms with van der Waals surface area (Å²) < 4.78 is 5.23. The van der Waals surface area contributed by atoms with E-state index in [1.807, 2.05) is 31.2 Å². The van der Waals surface area contributed by atoms with Crippen molar-refractivity contribution in [2.24, 2.45) is 5.73 Å². The minimum Gasteiger partial charge on any atom is -0.469 e. The van der Waals surface area contributed by atoms with Crippen LogP contribution in [-0.2, 0) is 6.42 Å². The molecule has 108 valence electrons. The third-order valence-electron chi connectivity index (χ3n) is 2.98. The molecule has 1 heterocycles. The van der Waals surface area contributed by atoms with Gasteiger partial charge in [-0.25, -0.2) is 0 Å². The molecular weight excluding hydrogens is 264 g/mol. The highest BCUT2D eigenvalue weighted by Crippen LogP contribution is 2.11. The Labute approximate surface area is 124 Å². The first-order valence-corrected chi connectivity index (χ1v) is 6.81. The van der Waals surface area contributed by atoms with Crippen LogP contribution in [0.1, 0.15) is 27.2 Å². The topological polar surface area (TPSA) is 68.3 Å². The zero-order valence-electron chi connectivity index (χ0n) is 12.0. The van der Waals surface area contributed by atoms with Gasteiger partial charge in [0.05, 0.1) is 18.4 Å². The van der Waals surface area contributed by atoms with Crippen LogP contribution in [0.2, 0.25) is 0 Å². The Hall–Kier alpha value is -2.51.